The number of amides is 1. The highest BCUT2D eigenvalue weighted by Gasteiger charge is 2.44. The van der Waals surface area contributed by atoms with Gasteiger partial charge < -0.3 is 19.5 Å². The highest BCUT2D eigenvalue weighted by molar-refractivity contribution is 5.91. The largest absolute Gasteiger partial charge is 0.494 e. The third-order valence-electron chi connectivity index (χ3n) is 3.97. The zero-order valence-electron chi connectivity index (χ0n) is 9.67. The fourth-order valence-electron chi connectivity index (χ4n) is 3.04. The molecule has 17 heavy (non-hydrogen) atoms. The molecule has 0 aromatic heterocycles. The number of hydrogen-bond donors (Lipinski definition) is 1. The minimum absolute atomic E-state index is 0.105. The van der Waals surface area contributed by atoms with Gasteiger partial charge in [0, 0.05) is 19.0 Å². The number of aliphatic hydroxyl groups is 1. The number of hydrogen-bond acceptors (Lipinski definition) is 4. The summed E-state index contributed by atoms with van der Waals surface area (Å²) in [6.45, 7) is 2.31. The first kappa shape index (κ1) is 10.9. The van der Waals surface area contributed by atoms with E-state index in [1.54, 1.807) is 4.90 Å². The molecule has 0 spiro atoms. The molecule has 1 amide bonds. The Labute approximate surface area is 100.0 Å². The van der Waals surface area contributed by atoms with Crippen LogP contribution in [0.2, 0.25) is 0 Å². The normalized spacial score (nSPS) is 35.9. The van der Waals surface area contributed by atoms with E-state index in [0.717, 1.165) is 19.4 Å². The van der Waals surface area contributed by atoms with Crippen molar-refractivity contribution in [2.45, 2.75) is 18.9 Å². The molecule has 0 aromatic carbocycles. The van der Waals surface area contributed by atoms with Crippen LogP contribution in [-0.4, -0.2) is 48.3 Å². The van der Waals surface area contributed by atoms with Crippen LogP contribution in [-0.2, 0) is 14.3 Å². The molecule has 5 nitrogen and oxygen atoms in total. The number of carbonyl (C=O) groups excluding carboxylic acids is 1. The summed E-state index contributed by atoms with van der Waals surface area (Å²) in [5.74, 6) is 0.903. The maximum absolute atomic E-state index is 12.1. The monoisotopic (exact) mass is 239 g/mol. The van der Waals surface area contributed by atoms with Crippen LogP contribution in [0.4, 0.5) is 0 Å². The van der Waals surface area contributed by atoms with E-state index in [0.29, 0.717) is 31.4 Å². The Hall–Kier alpha value is -1.23. The van der Waals surface area contributed by atoms with E-state index in [-0.39, 0.29) is 17.9 Å². The molecule has 1 saturated carbocycles. The zero-order chi connectivity index (χ0) is 11.8. The van der Waals surface area contributed by atoms with Gasteiger partial charge in [0.1, 0.15) is 19.5 Å². The molecule has 3 rings (SSSR count). The summed E-state index contributed by atoms with van der Waals surface area (Å²) >= 11 is 0. The maximum atomic E-state index is 12.1. The van der Waals surface area contributed by atoms with Gasteiger partial charge in [-0.15, -0.1) is 0 Å². The van der Waals surface area contributed by atoms with Crippen LogP contribution in [0.1, 0.15) is 12.8 Å². The van der Waals surface area contributed by atoms with Crippen molar-refractivity contribution < 1.29 is 19.4 Å². The molecule has 5 heteroatoms. The fourth-order valence-corrected chi connectivity index (χ4v) is 3.04. The average Bonchev–Trinajstić information content (AvgIpc) is 2.92. The molecule has 3 atom stereocenters. The average molecular weight is 239 g/mol. The summed E-state index contributed by atoms with van der Waals surface area (Å²) in [7, 11) is 0. The topological polar surface area (TPSA) is 59.0 Å². The van der Waals surface area contributed by atoms with Crippen LogP contribution in [0.25, 0.3) is 0 Å². The van der Waals surface area contributed by atoms with E-state index in [9.17, 15) is 9.90 Å². The second kappa shape index (κ2) is 4.22. The van der Waals surface area contributed by atoms with E-state index < -0.39 is 0 Å². The van der Waals surface area contributed by atoms with Crippen LogP contribution in [0.3, 0.4) is 0 Å². The van der Waals surface area contributed by atoms with Gasteiger partial charge in [0.15, 0.2) is 0 Å². The van der Waals surface area contributed by atoms with Gasteiger partial charge in [-0.2, -0.15) is 0 Å². The van der Waals surface area contributed by atoms with Gasteiger partial charge in [0.05, 0.1) is 6.10 Å². The molecule has 0 aromatic rings. The first-order valence-corrected chi connectivity index (χ1v) is 6.17. The molecule has 2 fully saturated rings. The van der Waals surface area contributed by atoms with E-state index in [2.05, 4.69) is 0 Å². The number of carbonyl (C=O) groups is 1. The SMILES string of the molecule is O=C(C1=COCCO1)N1CC2CCC(O)C2C1. The standard InChI is InChI=1S/C12H17NO4/c14-10-2-1-8-5-13(6-9(8)10)12(15)11-7-16-3-4-17-11/h7-10,14H,1-6H2. The number of nitrogens with zero attached hydrogens (tertiary/aromatic N) is 1. The van der Waals surface area contributed by atoms with Gasteiger partial charge in [-0.05, 0) is 18.8 Å². The third-order valence-corrected chi connectivity index (χ3v) is 3.97. The lowest BCUT2D eigenvalue weighted by Crippen LogP contribution is -2.34. The van der Waals surface area contributed by atoms with Crippen molar-refractivity contribution in [3.05, 3.63) is 12.0 Å². The quantitative estimate of drug-likeness (QED) is 0.705. The van der Waals surface area contributed by atoms with Crippen molar-refractivity contribution >= 4 is 5.91 Å². The summed E-state index contributed by atoms with van der Waals surface area (Å²) in [4.78, 5) is 13.9. The Morgan fingerprint density at radius 3 is 2.94 bits per heavy atom. The number of ether oxygens (including phenoxy) is 2. The Morgan fingerprint density at radius 2 is 2.24 bits per heavy atom. The number of aliphatic hydroxyl groups excluding tert-OH is 1. The van der Waals surface area contributed by atoms with Crippen molar-refractivity contribution in [1.29, 1.82) is 0 Å². The highest BCUT2D eigenvalue weighted by atomic mass is 16.6. The molecule has 1 aliphatic carbocycles. The smallest absolute Gasteiger partial charge is 0.292 e. The number of likely N-dealkylation sites (tertiary alicyclic amines) is 1. The maximum Gasteiger partial charge on any atom is 0.292 e. The van der Waals surface area contributed by atoms with Gasteiger partial charge in [0.2, 0.25) is 5.76 Å². The zero-order valence-corrected chi connectivity index (χ0v) is 9.67. The minimum Gasteiger partial charge on any atom is -0.494 e. The molecule has 1 saturated heterocycles. The van der Waals surface area contributed by atoms with Gasteiger partial charge in [-0.25, -0.2) is 0 Å². The second-order valence-electron chi connectivity index (χ2n) is 4.98. The molecule has 94 valence electrons. The van der Waals surface area contributed by atoms with Gasteiger partial charge in [-0.1, -0.05) is 0 Å². The lowest BCUT2D eigenvalue weighted by Gasteiger charge is -2.21. The van der Waals surface area contributed by atoms with E-state index in [1.807, 2.05) is 0 Å². The lowest BCUT2D eigenvalue weighted by atomic mass is 10.00. The third kappa shape index (κ3) is 1.88. The van der Waals surface area contributed by atoms with Gasteiger partial charge >= 0.3 is 0 Å². The summed E-state index contributed by atoms with van der Waals surface area (Å²) < 4.78 is 10.4. The van der Waals surface area contributed by atoms with E-state index in [4.69, 9.17) is 9.47 Å². The predicted molar refractivity (Wildman–Crippen MR) is 58.8 cm³/mol. The fraction of sp³-hybridized carbons (Fsp3) is 0.750. The highest BCUT2D eigenvalue weighted by Crippen LogP contribution is 2.38. The first-order chi connectivity index (χ1) is 8.25. The Bertz CT molecular complexity index is 354. The molecule has 1 N–H and O–H groups in total. The first-order valence-electron chi connectivity index (χ1n) is 6.17. The van der Waals surface area contributed by atoms with Crippen LogP contribution >= 0.6 is 0 Å². The summed E-state index contributed by atoms with van der Waals surface area (Å²) in [5.41, 5.74) is 0. The van der Waals surface area contributed by atoms with Crippen molar-refractivity contribution in [3.8, 4) is 0 Å². The molecular weight excluding hydrogens is 222 g/mol. The van der Waals surface area contributed by atoms with Crippen LogP contribution in [0, 0.1) is 11.8 Å². The number of fused-ring (bicyclic) bond motifs is 1. The molecule has 2 aliphatic heterocycles. The number of rotatable bonds is 1. The predicted octanol–water partition coefficient (Wildman–Crippen LogP) is 0.104. The van der Waals surface area contributed by atoms with Crippen LogP contribution in [0.15, 0.2) is 12.0 Å². The summed E-state index contributed by atoms with van der Waals surface area (Å²) in [5, 5.41) is 9.80. The minimum atomic E-state index is -0.240. The van der Waals surface area contributed by atoms with Crippen LogP contribution < -0.4 is 0 Å². The van der Waals surface area contributed by atoms with Crippen molar-refractivity contribution in [1.82, 2.24) is 4.90 Å². The van der Waals surface area contributed by atoms with Gasteiger partial charge in [0.25, 0.3) is 5.91 Å². The molecule has 0 bridgehead atoms. The van der Waals surface area contributed by atoms with Crippen molar-refractivity contribution in [2.75, 3.05) is 26.3 Å². The molecular formula is C12H17NO4. The van der Waals surface area contributed by atoms with Crippen LogP contribution in [0.5, 0.6) is 0 Å². The molecule has 3 aliphatic rings. The Kier molecular flexibility index (Phi) is 2.70. The second-order valence-corrected chi connectivity index (χ2v) is 4.98. The van der Waals surface area contributed by atoms with E-state index >= 15 is 0 Å². The molecule has 2 heterocycles. The lowest BCUT2D eigenvalue weighted by molar-refractivity contribution is -0.131. The Balaban J connectivity index is 1.66. The summed E-state index contributed by atoms with van der Waals surface area (Å²) in [6.07, 6.45) is 3.05. The summed E-state index contributed by atoms with van der Waals surface area (Å²) in [6, 6.07) is 0. The Morgan fingerprint density at radius 1 is 1.35 bits per heavy atom. The molecule has 0 radical (unpaired) electrons. The van der Waals surface area contributed by atoms with Gasteiger partial charge in [-0.3, -0.25) is 4.79 Å². The van der Waals surface area contributed by atoms with Crippen molar-refractivity contribution in [3.63, 3.8) is 0 Å². The molecule has 3 unspecified atom stereocenters. The van der Waals surface area contributed by atoms with Crippen molar-refractivity contribution in [2.24, 2.45) is 11.8 Å². The van der Waals surface area contributed by atoms with E-state index in [1.165, 1.54) is 6.26 Å².